The summed E-state index contributed by atoms with van der Waals surface area (Å²) in [4.78, 5) is 14.9. The average molecular weight is 282 g/mol. The molecule has 1 N–H and O–H groups in total. The van der Waals surface area contributed by atoms with E-state index in [4.69, 9.17) is 4.74 Å². The van der Waals surface area contributed by atoms with E-state index in [1.165, 1.54) is 0 Å². The summed E-state index contributed by atoms with van der Waals surface area (Å²) in [6, 6.07) is 15.6. The first kappa shape index (κ1) is 13.5. The zero-order valence-electron chi connectivity index (χ0n) is 12.0. The summed E-state index contributed by atoms with van der Waals surface area (Å²) >= 11 is 0. The van der Waals surface area contributed by atoms with Gasteiger partial charge in [0.1, 0.15) is 5.75 Å². The summed E-state index contributed by atoms with van der Waals surface area (Å²) in [6.45, 7) is 3.36. The van der Waals surface area contributed by atoms with Crippen molar-refractivity contribution in [1.29, 1.82) is 0 Å². The molecule has 3 aromatic rings. The van der Waals surface area contributed by atoms with Gasteiger partial charge < -0.3 is 9.72 Å². The number of aromatic amines is 1. The van der Waals surface area contributed by atoms with E-state index in [1.807, 2.05) is 48.5 Å². The van der Waals surface area contributed by atoms with Gasteiger partial charge in [0.25, 0.3) is 0 Å². The first-order valence-corrected chi connectivity index (χ1v) is 7.17. The van der Waals surface area contributed by atoms with Gasteiger partial charge in [-0.15, -0.1) is 0 Å². The Morgan fingerprint density at radius 2 is 1.86 bits per heavy atom. The lowest BCUT2D eigenvalue weighted by Gasteiger charge is -2.07. The number of para-hydroxylation sites is 2. The highest BCUT2D eigenvalue weighted by molar-refractivity contribution is 5.75. The van der Waals surface area contributed by atoms with E-state index >= 15 is 0 Å². The van der Waals surface area contributed by atoms with Crippen molar-refractivity contribution in [2.45, 2.75) is 19.9 Å². The molecule has 1 aromatic heterocycles. The number of nitrogens with zero attached hydrogens (tertiary/aromatic N) is 1. The molecule has 0 saturated heterocycles. The second kappa shape index (κ2) is 5.87. The zero-order chi connectivity index (χ0) is 14.7. The van der Waals surface area contributed by atoms with Crippen LogP contribution >= 0.6 is 0 Å². The predicted molar refractivity (Wildman–Crippen MR) is 83.9 cm³/mol. The normalized spacial score (nSPS) is 10.9. The van der Waals surface area contributed by atoms with E-state index in [0.29, 0.717) is 6.54 Å². The molecule has 4 nitrogen and oxygen atoms in total. The van der Waals surface area contributed by atoms with Gasteiger partial charge in [-0.2, -0.15) is 0 Å². The number of hydrogen-bond acceptors (Lipinski definition) is 2. The van der Waals surface area contributed by atoms with Crippen molar-refractivity contribution in [3.05, 3.63) is 64.6 Å². The molecule has 0 aliphatic heterocycles. The van der Waals surface area contributed by atoms with Crippen LogP contribution in [0.25, 0.3) is 11.0 Å². The van der Waals surface area contributed by atoms with Gasteiger partial charge in [0, 0.05) is 0 Å². The van der Waals surface area contributed by atoms with Crippen LogP contribution in [0, 0.1) is 0 Å². The van der Waals surface area contributed by atoms with E-state index in [2.05, 4.69) is 11.9 Å². The molecule has 2 aromatic carbocycles. The molecule has 0 amide bonds. The number of H-pyrrole nitrogens is 1. The maximum atomic E-state index is 12.0. The zero-order valence-corrected chi connectivity index (χ0v) is 12.0. The Morgan fingerprint density at radius 3 is 2.62 bits per heavy atom. The molecule has 0 unspecified atom stereocenters. The number of benzene rings is 2. The van der Waals surface area contributed by atoms with Crippen LogP contribution in [0.15, 0.2) is 53.3 Å². The first-order valence-electron chi connectivity index (χ1n) is 7.17. The quantitative estimate of drug-likeness (QED) is 0.781. The molecule has 0 atom stereocenters. The molecule has 0 spiro atoms. The lowest BCUT2D eigenvalue weighted by atomic mass is 10.2. The van der Waals surface area contributed by atoms with Crippen LogP contribution in [0.5, 0.6) is 5.75 Å². The Balaban J connectivity index is 1.85. The van der Waals surface area contributed by atoms with Crippen LogP contribution in [0.3, 0.4) is 0 Å². The minimum absolute atomic E-state index is 0.0810. The van der Waals surface area contributed by atoms with Gasteiger partial charge in [0.15, 0.2) is 0 Å². The number of aromatic nitrogens is 2. The SMILES string of the molecule is CCCOc1ccc(Cn2c(=O)[nH]c3ccccc32)cc1. The van der Waals surface area contributed by atoms with Crippen molar-refractivity contribution in [2.24, 2.45) is 0 Å². The average Bonchev–Trinajstić information content (AvgIpc) is 2.83. The van der Waals surface area contributed by atoms with Gasteiger partial charge in [-0.25, -0.2) is 4.79 Å². The van der Waals surface area contributed by atoms with Gasteiger partial charge >= 0.3 is 5.69 Å². The van der Waals surface area contributed by atoms with Crippen LogP contribution in [-0.4, -0.2) is 16.2 Å². The largest absolute Gasteiger partial charge is 0.494 e. The van der Waals surface area contributed by atoms with Crippen molar-refractivity contribution in [3.63, 3.8) is 0 Å². The molecule has 21 heavy (non-hydrogen) atoms. The minimum Gasteiger partial charge on any atom is -0.494 e. The maximum absolute atomic E-state index is 12.0. The van der Waals surface area contributed by atoms with Crippen LogP contribution in [-0.2, 0) is 6.54 Å². The third-order valence-corrected chi connectivity index (χ3v) is 3.42. The number of hydrogen-bond donors (Lipinski definition) is 1. The van der Waals surface area contributed by atoms with Crippen molar-refractivity contribution in [1.82, 2.24) is 9.55 Å². The number of fused-ring (bicyclic) bond motifs is 1. The van der Waals surface area contributed by atoms with Crippen molar-refractivity contribution < 1.29 is 4.74 Å². The Kier molecular flexibility index (Phi) is 3.77. The first-order chi connectivity index (χ1) is 10.3. The van der Waals surface area contributed by atoms with Crippen molar-refractivity contribution in [2.75, 3.05) is 6.61 Å². The van der Waals surface area contributed by atoms with Gasteiger partial charge in [0.2, 0.25) is 0 Å². The monoisotopic (exact) mass is 282 g/mol. The Labute approximate surface area is 123 Å². The lowest BCUT2D eigenvalue weighted by molar-refractivity contribution is 0.317. The van der Waals surface area contributed by atoms with E-state index < -0.39 is 0 Å². The number of nitrogens with one attached hydrogen (secondary N) is 1. The molecule has 3 rings (SSSR count). The molecule has 0 bridgehead atoms. The highest BCUT2D eigenvalue weighted by atomic mass is 16.5. The maximum Gasteiger partial charge on any atom is 0.326 e. The Hall–Kier alpha value is -2.49. The third-order valence-electron chi connectivity index (χ3n) is 3.42. The van der Waals surface area contributed by atoms with Crippen LogP contribution in [0.2, 0.25) is 0 Å². The molecule has 1 heterocycles. The molecule has 0 saturated carbocycles. The van der Waals surface area contributed by atoms with E-state index in [0.717, 1.165) is 35.4 Å². The predicted octanol–water partition coefficient (Wildman–Crippen LogP) is 3.17. The molecule has 108 valence electrons. The van der Waals surface area contributed by atoms with Crippen LogP contribution in [0.4, 0.5) is 0 Å². The fraction of sp³-hybridized carbons (Fsp3) is 0.235. The summed E-state index contributed by atoms with van der Waals surface area (Å²) < 4.78 is 7.31. The highest BCUT2D eigenvalue weighted by Crippen LogP contribution is 2.15. The summed E-state index contributed by atoms with van der Waals surface area (Å²) in [5, 5.41) is 0. The highest BCUT2D eigenvalue weighted by Gasteiger charge is 2.06. The second-order valence-corrected chi connectivity index (χ2v) is 5.03. The Bertz CT molecular complexity index is 784. The van der Waals surface area contributed by atoms with Gasteiger partial charge in [0.05, 0.1) is 24.2 Å². The lowest BCUT2D eigenvalue weighted by Crippen LogP contribution is -2.17. The molecular weight excluding hydrogens is 264 g/mol. The van der Waals surface area contributed by atoms with Crippen LogP contribution in [0.1, 0.15) is 18.9 Å². The van der Waals surface area contributed by atoms with Gasteiger partial charge in [-0.3, -0.25) is 4.57 Å². The fourth-order valence-electron chi connectivity index (χ4n) is 2.36. The molecule has 0 radical (unpaired) electrons. The minimum atomic E-state index is -0.0810. The number of rotatable bonds is 5. The molecule has 4 heteroatoms. The van der Waals surface area contributed by atoms with Crippen LogP contribution < -0.4 is 10.4 Å². The van der Waals surface area contributed by atoms with E-state index in [-0.39, 0.29) is 5.69 Å². The third kappa shape index (κ3) is 2.84. The molecule has 0 aliphatic carbocycles. The van der Waals surface area contributed by atoms with Gasteiger partial charge in [-0.1, -0.05) is 31.2 Å². The summed E-state index contributed by atoms with van der Waals surface area (Å²) in [5.74, 6) is 0.867. The summed E-state index contributed by atoms with van der Waals surface area (Å²) in [7, 11) is 0. The second-order valence-electron chi connectivity index (χ2n) is 5.03. The summed E-state index contributed by atoms with van der Waals surface area (Å²) in [5.41, 5.74) is 2.78. The fourth-order valence-corrected chi connectivity index (χ4v) is 2.36. The number of ether oxygens (including phenoxy) is 1. The van der Waals surface area contributed by atoms with E-state index in [9.17, 15) is 4.79 Å². The summed E-state index contributed by atoms with van der Waals surface area (Å²) in [6.07, 6.45) is 0.993. The number of imidazole rings is 1. The van der Waals surface area contributed by atoms with E-state index in [1.54, 1.807) is 4.57 Å². The molecular formula is C17H18N2O2. The molecule has 0 fully saturated rings. The topological polar surface area (TPSA) is 47.0 Å². The van der Waals surface area contributed by atoms with Gasteiger partial charge in [-0.05, 0) is 36.2 Å². The molecule has 0 aliphatic rings. The van der Waals surface area contributed by atoms with Crippen molar-refractivity contribution >= 4 is 11.0 Å². The Morgan fingerprint density at radius 1 is 1.10 bits per heavy atom. The van der Waals surface area contributed by atoms with Crippen molar-refractivity contribution in [3.8, 4) is 5.75 Å². The standard InChI is InChI=1S/C17H18N2O2/c1-2-11-21-14-9-7-13(8-10-14)12-19-16-6-4-3-5-15(16)18-17(19)20/h3-10H,2,11-12H2,1H3,(H,18,20). The smallest absolute Gasteiger partial charge is 0.326 e.